The van der Waals surface area contributed by atoms with E-state index in [-0.39, 0.29) is 17.6 Å². The van der Waals surface area contributed by atoms with Gasteiger partial charge in [0.2, 0.25) is 11.8 Å². The molecule has 160 valence electrons. The van der Waals surface area contributed by atoms with E-state index >= 15 is 0 Å². The highest BCUT2D eigenvalue weighted by molar-refractivity contribution is 5.79. The SMILES string of the molecule is CCCNC(=O)CN1CCN(CC(=O)N2CCN(c3ccc(F)cc3)CC2)CC1. The van der Waals surface area contributed by atoms with E-state index in [0.29, 0.717) is 26.2 Å². The second-order valence-corrected chi connectivity index (χ2v) is 7.75. The molecule has 2 aliphatic rings. The monoisotopic (exact) mass is 405 g/mol. The summed E-state index contributed by atoms with van der Waals surface area (Å²) in [5.41, 5.74) is 0.998. The fourth-order valence-corrected chi connectivity index (χ4v) is 3.79. The summed E-state index contributed by atoms with van der Waals surface area (Å²) < 4.78 is 13.1. The van der Waals surface area contributed by atoms with E-state index in [2.05, 4.69) is 20.0 Å². The van der Waals surface area contributed by atoms with Gasteiger partial charge in [-0.25, -0.2) is 4.39 Å². The lowest BCUT2D eigenvalue weighted by molar-refractivity contribution is -0.133. The Morgan fingerprint density at radius 1 is 0.897 bits per heavy atom. The lowest BCUT2D eigenvalue weighted by Gasteiger charge is -2.38. The summed E-state index contributed by atoms with van der Waals surface area (Å²) in [6, 6.07) is 6.52. The van der Waals surface area contributed by atoms with Crippen LogP contribution in [0.3, 0.4) is 0 Å². The average Bonchev–Trinajstić information content (AvgIpc) is 2.74. The van der Waals surface area contributed by atoms with Crippen LogP contribution in [0, 0.1) is 5.82 Å². The van der Waals surface area contributed by atoms with Crippen LogP contribution < -0.4 is 10.2 Å². The standard InChI is InChI=1S/C21H32FN5O2/c1-2-7-23-20(28)16-24-8-10-25(11-9-24)17-21(29)27-14-12-26(13-15-27)19-5-3-18(22)4-6-19/h3-6H,2,7-17H2,1H3,(H,23,28). The molecule has 0 atom stereocenters. The first kappa shape index (κ1) is 21.5. The fourth-order valence-electron chi connectivity index (χ4n) is 3.79. The zero-order valence-electron chi connectivity index (χ0n) is 17.3. The molecule has 7 nitrogen and oxygen atoms in total. The number of nitrogens with zero attached hydrogens (tertiary/aromatic N) is 4. The molecule has 3 rings (SSSR count). The molecule has 29 heavy (non-hydrogen) atoms. The molecular weight excluding hydrogens is 373 g/mol. The molecule has 0 aromatic heterocycles. The number of anilines is 1. The first-order chi connectivity index (χ1) is 14.0. The highest BCUT2D eigenvalue weighted by Crippen LogP contribution is 2.17. The largest absolute Gasteiger partial charge is 0.368 e. The molecule has 0 saturated carbocycles. The predicted octanol–water partition coefficient (Wildman–Crippen LogP) is 0.618. The number of nitrogens with one attached hydrogen (secondary N) is 1. The third-order valence-corrected chi connectivity index (χ3v) is 5.59. The van der Waals surface area contributed by atoms with Crippen LogP contribution in [0.1, 0.15) is 13.3 Å². The summed E-state index contributed by atoms with van der Waals surface area (Å²) in [4.78, 5) is 32.9. The second kappa shape index (κ2) is 10.5. The van der Waals surface area contributed by atoms with E-state index in [9.17, 15) is 14.0 Å². The maximum atomic E-state index is 13.1. The van der Waals surface area contributed by atoms with Crippen molar-refractivity contribution in [1.82, 2.24) is 20.0 Å². The Bertz CT molecular complexity index is 668. The van der Waals surface area contributed by atoms with Gasteiger partial charge >= 0.3 is 0 Å². The van der Waals surface area contributed by atoms with Crippen molar-refractivity contribution in [3.05, 3.63) is 30.1 Å². The van der Waals surface area contributed by atoms with Crippen LogP contribution in [0.2, 0.25) is 0 Å². The van der Waals surface area contributed by atoms with Gasteiger partial charge in [0.15, 0.2) is 0 Å². The molecule has 2 saturated heterocycles. The number of piperazine rings is 2. The van der Waals surface area contributed by atoms with Gasteiger partial charge in [0.1, 0.15) is 5.82 Å². The van der Waals surface area contributed by atoms with E-state index in [1.165, 1.54) is 12.1 Å². The van der Waals surface area contributed by atoms with Crippen LogP contribution in [0.15, 0.2) is 24.3 Å². The molecule has 1 aromatic rings. The third kappa shape index (κ3) is 6.40. The number of amides is 2. The minimum Gasteiger partial charge on any atom is -0.368 e. The molecule has 0 unspecified atom stereocenters. The van der Waals surface area contributed by atoms with Gasteiger partial charge in [-0.15, -0.1) is 0 Å². The Morgan fingerprint density at radius 2 is 1.48 bits per heavy atom. The minimum absolute atomic E-state index is 0.0791. The number of rotatable bonds is 7. The first-order valence-corrected chi connectivity index (χ1v) is 10.5. The maximum absolute atomic E-state index is 13.1. The van der Waals surface area contributed by atoms with Crippen molar-refractivity contribution in [3.8, 4) is 0 Å². The Labute approximate surface area is 172 Å². The second-order valence-electron chi connectivity index (χ2n) is 7.75. The Morgan fingerprint density at radius 3 is 2.07 bits per heavy atom. The van der Waals surface area contributed by atoms with E-state index in [1.54, 1.807) is 12.1 Å². The summed E-state index contributed by atoms with van der Waals surface area (Å²) in [5.74, 6) is 0.0116. The van der Waals surface area contributed by atoms with E-state index < -0.39 is 0 Å². The molecule has 0 aliphatic carbocycles. The summed E-state index contributed by atoms with van der Waals surface area (Å²) >= 11 is 0. The summed E-state index contributed by atoms with van der Waals surface area (Å²) in [6.07, 6.45) is 0.944. The van der Waals surface area contributed by atoms with Crippen LogP contribution in [-0.2, 0) is 9.59 Å². The lowest BCUT2D eigenvalue weighted by atomic mass is 10.2. The molecule has 2 aliphatic heterocycles. The highest BCUT2D eigenvalue weighted by atomic mass is 19.1. The van der Waals surface area contributed by atoms with E-state index in [1.807, 2.05) is 11.8 Å². The predicted molar refractivity (Wildman–Crippen MR) is 111 cm³/mol. The van der Waals surface area contributed by atoms with Gasteiger partial charge in [-0.1, -0.05) is 6.92 Å². The fraction of sp³-hybridized carbons (Fsp3) is 0.619. The molecule has 8 heteroatoms. The smallest absolute Gasteiger partial charge is 0.236 e. The molecule has 0 spiro atoms. The number of carbonyl (C=O) groups is 2. The molecule has 1 N–H and O–H groups in total. The Hall–Kier alpha value is -2.19. The molecule has 2 heterocycles. The molecule has 2 amide bonds. The van der Waals surface area contributed by atoms with Crippen LogP contribution in [0.5, 0.6) is 0 Å². The highest BCUT2D eigenvalue weighted by Gasteiger charge is 2.25. The number of carbonyl (C=O) groups excluding carboxylic acids is 2. The van der Waals surface area contributed by atoms with Gasteiger partial charge in [-0.05, 0) is 30.7 Å². The van der Waals surface area contributed by atoms with Gasteiger partial charge < -0.3 is 15.1 Å². The minimum atomic E-state index is -0.232. The van der Waals surface area contributed by atoms with Gasteiger partial charge in [-0.2, -0.15) is 0 Å². The number of hydrogen-bond donors (Lipinski definition) is 1. The van der Waals surface area contributed by atoms with Crippen molar-refractivity contribution in [3.63, 3.8) is 0 Å². The lowest BCUT2D eigenvalue weighted by Crippen LogP contribution is -2.54. The van der Waals surface area contributed by atoms with Gasteiger partial charge in [0.25, 0.3) is 0 Å². The number of benzene rings is 1. The normalized spacial score (nSPS) is 18.7. The molecule has 0 radical (unpaired) electrons. The van der Waals surface area contributed by atoms with Gasteiger partial charge in [-0.3, -0.25) is 19.4 Å². The third-order valence-electron chi connectivity index (χ3n) is 5.59. The van der Waals surface area contributed by atoms with E-state index in [0.717, 1.165) is 57.9 Å². The van der Waals surface area contributed by atoms with Crippen LogP contribution >= 0.6 is 0 Å². The van der Waals surface area contributed by atoms with Crippen LogP contribution in [-0.4, -0.2) is 98.5 Å². The number of hydrogen-bond acceptors (Lipinski definition) is 5. The van der Waals surface area contributed by atoms with Gasteiger partial charge in [0.05, 0.1) is 13.1 Å². The van der Waals surface area contributed by atoms with Crippen molar-refractivity contribution in [2.75, 3.05) is 76.9 Å². The maximum Gasteiger partial charge on any atom is 0.236 e. The van der Waals surface area contributed by atoms with Crippen LogP contribution in [0.4, 0.5) is 10.1 Å². The zero-order chi connectivity index (χ0) is 20.6. The average molecular weight is 406 g/mol. The molecule has 0 bridgehead atoms. The van der Waals surface area contributed by atoms with Crippen molar-refractivity contribution in [2.45, 2.75) is 13.3 Å². The van der Waals surface area contributed by atoms with E-state index in [4.69, 9.17) is 0 Å². The Balaban J connectivity index is 1.36. The van der Waals surface area contributed by atoms with Crippen molar-refractivity contribution >= 4 is 17.5 Å². The topological polar surface area (TPSA) is 59.1 Å². The first-order valence-electron chi connectivity index (χ1n) is 10.5. The molecule has 1 aromatic carbocycles. The van der Waals surface area contributed by atoms with Crippen molar-refractivity contribution in [2.24, 2.45) is 0 Å². The van der Waals surface area contributed by atoms with Crippen LogP contribution in [0.25, 0.3) is 0 Å². The summed E-state index contributed by atoms with van der Waals surface area (Å²) in [6.45, 7) is 9.78. The quantitative estimate of drug-likeness (QED) is 0.721. The summed E-state index contributed by atoms with van der Waals surface area (Å²) in [7, 11) is 0. The summed E-state index contributed by atoms with van der Waals surface area (Å²) in [5, 5.41) is 2.91. The Kier molecular flexibility index (Phi) is 7.83. The van der Waals surface area contributed by atoms with Gasteiger partial charge in [0, 0.05) is 64.6 Å². The molecule has 2 fully saturated rings. The number of halogens is 1. The van der Waals surface area contributed by atoms with Crippen molar-refractivity contribution in [1.29, 1.82) is 0 Å². The zero-order valence-corrected chi connectivity index (χ0v) is 17.3. The molecular formula is C21H32FN5O2. The van der Waals surface area contributed by atoms with Crippen molar-refractivity contribution < 1.29 is 14.0 Å².